The van der Waals surface area contributed by atoms with Crippen molar-refractivity contribution in [2.75, 3.05) is 26.2 Å². The molecule has 1 aliphatic rings. The van der Waals surface area contributed by atoms with Gasteiger partial charge in [0.05, 0.1) is 12.7 Å². The van der Waals surface area contributed by atoms with Crippen LogP contribution in [0.5, 0.6) is 0 Å². The number of nitrogens with one attached hydrogen (secondary N) is 1. The van der Waals surface area contributed by atoms with Crippen LogP contribution in [0.15, 0.2) is 24.3 Å². The Kier molecular flexibility index (Phi) is 8.88. The van der Waals surface area contributed by atoms with Crippen molar-refractivity contribution in [3.8, 4) is 0 Å². The van der Waals surface area contributed by atoms with Crippen LogP contribution in [-0.2, 0) is 11.3 Å². The van der Waals surface area contributed by atoms with E-state index in [-0.39, 0.29) is 24.8 Å². The molecule has 0 radical (unpaired) electrons. The van der Waals surface area contributed by atoms with Crippen molar-refractivity contribution >= 4 is 6.09 Å². The Morgan fingerprint density at radius 3 is 2.88 bits per heavy atom. The summed E-state index contributed by atoms with van der Waals surface area (Å²) < 4.78 is 5.21. The number of aliphatic hydroxyl groups excluding tert-OH is 2. The fraction of sp³-hybridized carbons (Fsp3) is 0.650. The van der Waals surface area contributed by atoms with E-state index in [1.165, 1.54) is 0 Å². The smallest absolute Gasteiger partial charge is 0.407 e. The van der Waals surface area contributed by atoms with E-state index in [1.807, 2.05) is 31.2 Å². The van der Waals surface area contributed by atoms with E-state index < -0.39 is 0 Å². The SMILES string of the molecule is Cc1cccc(COC(=O)NCCCCCCN2C[C@H](O)C[C@H]2CO)c1. The van der Waals surface area contributed by atoms with Crippen molar-refractivity contribution in [2.24, 2.45) is 0 Å². The van der Waals surface area contributed by atoms with Crippen LogP contribution < -0.4 is 5.32 Å². The van der Waals surface area contributed by atoms with Gasteiger partial charge in [0.25, 0.3) is 0 Å². The maximum Gasteiger partial charge on any atom is 0.407 e. The number of unbranched alkanes of at least 4 members (excludes halogenated alkanes) is 3. The molecule has 1 aromatic rings. The lowest BCUT2D eigenvalue weighted by Gasteiger charge is -2.21. The monoisotopic (exact) mass is 364 g/mol. The Morgan fingerprint density at radius 2 is 2.12 bits per heavy atom. The quantitative estimate of drug-likeness (QED) is 0.555. The number of benzene rings is 1. The Bertz CT molecular complexity index is 552. The third-order valence-electron chi connectivity index (χ3n) is 4.81. The molecule has 1 heterocycles. The summed E-state index contributed by atoms with van der Waals surface area (Å²) in [5, 5.41) is 21.7. The molecule has 1 amide bonds. The lowest BCUT2D eigenvalue weighted by molar-refractivity contribution is 0.139. The van der Waals surface area contributed by atoms with Crippen molar-refractivity contribution in [3.05, 3.63) is 35.4 Å². The minimum atomic E-state index is -0.372. The molecule has 2 rings (SSSR count). The summed E-state index contributed by atoms with van der Waals surface area (Å²) in [7, 11) is 0. The number of alkyl carbamates (subject to hydrolysis) is 1. The molecule has 1 aromatic carbocycles. The minimum Gasteiger partial charge on any atom is -0.445 e. The van der Waals surface area contributed by atoms with Crippen molar-refractivity contribution in [2.45, 2.75) is 57.8 Å². The highest BCUT2D eigenvalue weighted by Crippen LogP contribution is 2.18. The topological polar surface area (TPSA) is 82.0 Å². The molecule has 6 heteroatoms. The van der Waals surface area contributed by atoms with Gasteiger partial charge in [0.1, 0.15) is 6.61 Å². The third-order valence-corrected chi connectivity index (χ3v) is 4.81. The molecule has 0 bridgehead atoms. The molecule has 2 atom stereocenters. The highest BCUT2D eigenvalue weighted by Gasteiger charge is 2.29. The van der Waals surface area contributed by atoms with Gasteiger partial charge in [-0.05, 0) is 38.3 Å². The van der Waals surface area contributed by atoms with Gasteiger partial charge in [0.15, 0.2) is 0 Å². The highest BCUT2D eigenvalue weighted by atomic mass is 16.5. The number of β-amino-alcohol motifs (C(OH)–C–C–N with tert-alkyl or cyclic N) is 1. The van der Waals surface area contributed by atoms with E-state index >= 15 is 0 Å². The van der Waals surface area contributed by atoms with Crippen LogP contribution in [-0.4, -0.2) is 59.6 Å². The maximum atomic E-state index is 11.7. The average Bonchev–Trinajstić information content (AvgIpc) is 2.99. The van der Waals surface area contributed by atoms with Crippen LogP contribution in [0.2, 0.25) is 0 Å². The first-order valence-electron chi connectivity index (χ1n) is 9.57. The molecule has 3 N–H and O–H groups in total. The fourth-order valence-electron chi connectivity index (χ4n) is 3.41. The van der Waals surface area contributed by atoms with Gasteiger partial charge in [-0.1, -0.05) is 42.7 Å². The number of rotatable bonds is 10. The van der Waals surface area contributed by atoms with Crippen molar-refractivity contribution in [3.63, 3.8) is 0 Å². The first kappa shape index (κ1) is 20.7. The highest BCUT2D eigenvalue weighted by molar-refractivity contribution is 5.67. The number of carbonyl (C=O) groups excluding carboxylic acids is 1. The van der Waals surface area contributed by atoms with Gasteiger partial charge in [-0.15, -0.1) is 0 Å². The molecular weight excluding hydrogens is 332 g/mol. The number of aliphatic hydroxyl groups is 2. The van der Waals surface area contributed by atoms with E-state index in [2.05, 4.69) is 10.2 Å². The van der Waals surface area contributed by atoms with Gasteiger partial charge >= 0.3 is 6.09 Å². The second-order valence-corrected chi connectivity index (χ2v) is 7.13. The molecule has 0 unspecified atom stereocenters. The molecule has 0 aliphatic carbocycles. The van der Waals surface area contributed by atoms with Crippen LogP contribution in [0.3, 0.4) is 0 Å². The molecule has 6 nitrogen and oxygen atoms in total. The zero-order valence-corrected chi connectivity index (χ0v) is 15.7. The van der Waals surface area contributed by atoms with Gasteiger partial charge in [0, 0.05) is 19.1 Å². The number of amides is 1. The lowest BCUT2D eigenvalue weighted by atomic mass is 10.1. The zero-order valence-electron chi connectivity index (χ0n) is 15.7. The molecular formula is C20H32N2O4. The van der Waals surface area contributed by atoms with Crippen LogP contribution >= 0.6 is 0 Å². The molecule has 0 aromatic heterocycles. The fourth-order valence-corrected chi connectivity index (χ4v) is 3.41. The van der Waals surface area contributed by atoms with Crippen LogP contribution in [0, 0.1) is 6.92 Å². The second-order valence-electron chi connectivity index (χ2n) is 7.13. The maximum absolute atomic E-state index is 11.7. The predicted octanol–water partition coefficient (Wildman–Crippen LogP) is 2.21. The molecule has 1 aliphatic heterocycles. The average molecular weight is 364 g/mol. The first-order chi connectivity index (χ1) is 12.6. The van der Waals surface area contributed by atoms with Crippen molar-refractivity contribution in [1.82, 2.24) is 10.2 Å². The summed E-state index contributed by atoms with van der Waals surface area (Å²) in [6.07, 6.45) is 4.08. The number of aryl methyl sites for hydroxylation is 1. The summed E-state index contributed by atoms with van der Waals surface area (Å²) in [6, 6.07) is 8.03. The summed E-state index contributed by atoms with van der Waals surface area (Å²) in [4.78, 5) is 13.8. The molecule has 0 saturated carbocycles. The van der Waals surface area contributed by atoms with Crippen molar-refractivity contribution in [1.29, 1.82) is 0 Å². The Hall–Kier alpha value is -1.63. The number of nitrogens with zero attached hydrogens (tertiary/aromatic N) is 1. The van der Waals surface area contributed by atoms with Gasteiger partial charge in [0.2, 0.25) is 0 Å². The Labute approximate surface area is 156 Å². The van der Waals surface area contributed by atoms with Gasteiger partial charge < -0.3 is 20.3 Å². The molecule has 1 saturated heterocycles. The van der Waals surface area contributed by atoms with E-state index in [0.29, 0.717) is 26.1 Å². The van der Waals surface area contributed by atoms with E-state index in [0.717, 1.165) is 43.4 Å². The molecule has 26 heavy (non-hydrogen) atoms. The second kappa shape index (κ2) is 11.2. The minimum absolute atomic E-state index is 0.106. The number of hydrogen-bond acceptors (Lipinski definition) is 5. The lowest BCUT2D eigenvalue weighted by Crippen LogP contribution is -2.33. The van der Waals surface area contributed by atoms with E-state index in [4.69, 9.17) is 4.74 Å². The largest absolute Gasteiger partial charge is 0.445 e. The first-order valence-corrected chi connectivity index (χ1v) is 9.57. The molecule has 0 spiro atoms. The van der Waals surface area contributed by atoms with Gasteiger partial charge in [-0.2, -0.15) is 0 Å². The predicted molar refractivity (Wildman–Crippen MR) is 101 cm³/mol. The van der Waals surface area contributed by atoms with Gasteiger partial charge in [-0.3, -0.25) is 4.90 Å². The molecule has 146 valence electrons. The molecule has 1 fully saturated rings. The van der Waals surface area contributed by atoms with Crippen LogP contribution in [0.1, 0.15) is 43.2 Å². The number of ether oxygens (including phenoxy) is 1. The third kappa shape index (κ3) is 7.32. The van der Waals surface area contributed by atoms with Crippen molar-refractivity contribution < 1.29 is 19.7 Å². The zero-order chi connectivity index (χ0) is 18.8. The Balaban J connectivity index is 1.47. The summed E-state index contributed by atoms with van der Waals surface area (Å²) >= 11 is 0. The van der Waals surface area contributed by atoms with E-state index in [9.17, 15) is 15.0 Å². The van der Waals surface area contributed by atoms with Crippen LogP contribution in [0.4, 0.5) is 4.79 Å². The Morgan fingerprint density at radius 1 is 1.31 bits per heavy atom. The standard InChI is InChI=1S/C20H32N2O4/c1-16-7-6-8-17(11-16)15-26-20(25)21-9-4-2-3-5-10-22-13-19(24)12-18(22)14-23/h6-8,11,18-19,23-24H,2-5,9-10,12-15H2,1H3,(H,21,25)/t18-,19+/m0/s1. The number of hydrogen-bond donors (Lipinski definition) is 3. The van der Waals surface area contributed by atoms with Crippen LogP contribution in [0.25, 0.3) is 0 Å². The summed E-state index contributed by atoms with van der Waals surface area (Å²) in [5.74, 6) is 0. The summed E-state index contributed by atoms with van der Waals surface area (Å²) in [6.45, 7) is 4.62. The summed E-state index contributed by atoms with van der Waals surface area (Å²) in [5.41, 5.74) is 2.15. The number of likely N-dealkylation sites (tertiary alicyclic amines) is 1. The van der Waals surface area contributed by atoms with E-state index in [1.54, 1.807) is 0 Å². The van der Waals surface area contributed by atoms with Gasteiger partial charge in [-0.25, -0.2) is 4.79 Å². The number of carbonyl (C=O) groups is 1. The normalized spacial score (nSPS) is 20.3.